The highest BCUT2D eigenvalue weighted by Crippen LogP contribution is 2.17. The standard InChI is InChI=1S/C13H14ClN3O/c1-9-3-4-10(12(14)5-9)8-17-13(18)6-11(15-2)7-16-17/h3-7,15H,8H2,1-2H3. The smallest absolute Gasteiger partial charge is 0.269 e. The Hall–Kier alpha value is -1.81. The second-order valence-corrected chi connectivity index (χ2v) is 4.49. The van der Waals surface area contributed by atoms with Gasteiger partial charge in [-0.3, -0.25) is 4.79 Å². The van der Waals surface area contributed by atoms with E-state index in [4.69, 9.17) is 11.6 Å². The van der Waals surface area contributed by atoms with Crippen molar-refractivity contribution in [2.45, 2.75) is 13.5 Å². The number of benzene rings is 1. The Morgan fingerprint density at radius 2 is 2.17 bits per heavy atom. The molecule has 18 heavy (non-hydrogen) atoms. The van der Waals surface area contributed by atoms with E-state index in [2.05, 4.69) is 10.4 Å². The summed E-state index contributed by atoms with van der Waals surface area (Å²) in [6.45, 7) is 2.35. The second kappa shape index (κ2) is 5.23. The molecule has 0 aliphatic carbocycles. The van der Waals surface area contributed by atoms with Crippen molar-refractivity contribution in [2.75, 3.05) is 12.4 Å². The van der Waals surface area contributed by atoms with Crippen molar-refractivity contribution >= 4 is 17.3 Å². The van der Waals surface area contributed by atoms with E-state index in [9.17, 15) is 4.79 Å². The Morgan fingerprint density at radius 1 is 1.39 bits per heavy atom. The average molecular weight is 264 g/mol. The number of anilines is 1. The minimum atomic E-state index is -0.154. The first-order chi connectivity index (χ1) is 8.60. The van der Waals surface area contributed by atoms with Gasteiger partial charge >= 0.3 is 0 Å². The largest absolute Gasteiger partial charge is 0.387 e. The van der Waals surface area contributed by atoms with Gasteiger partial charge in [0.25, 0.3) is 5.56 Å². The first kappa shape index (κ1) is 12.6. The number of halogens is 1. The average Bonchev–Trinajstić information content (AvgIpc) is 2.34. The predicted octanol–water partition coefficient (Wildman–Crippen LogP) is 2.30. The molecule has 2 aromatic rings. The van der Waals surface area contributed by atoms with Crippen LogP contribution < -0.4 is 10.9 Å². The third-order valence-electron chi connectivity index (χ3n) is 2.69. The van der Waals surface area contributed by atoms with Crippen LogP contribution in [0.5, 0.6) is 0 Å². The Labute approximate surface area is 110 Å². The normalized spacial score (nSPS) is 10.4. The summed E-state index contributed by atoms with van der Waals surface area (Å²) in [5.74, 6) is 0. The van der Waals surface area contributed by atoms with Crippen LogP contribution in [0.15, 0.2) is 35.3 Å². The van der Waals surface area contributed by atoms with Gasteiger partial charge in [0.2, 0.25) is 0 Å². The van der Waals surface area contributed by atoms with Crippen molar-refractivity contribution in [1.29, 1.82) is 0 Å². The summed E-state index contributed by atoms with van der Waals surface area (Å²) in [5.41, 5.74) is 2.52. The third-order valence-corrected chi connectivity index (χ3v) is 3.04. The van der Waals surface area contributed by atoms with Crippen LogP contribution in [0.3, 0.4) is 0 Å². The van der Waals surface area contributed by atoms with Crippen molar-refractivity contribution in [3.8, 4) is 0 Å². The molecule has 4 nitrogen and oxygen atoms in total. The van der Waals surface area contributed by atoms with Crippen molar-refractivity contribution in [1.82, 2.24) is 9.78 Å². The molecule has 1 heterocycles. The van der Waals surface area contributed by atoms with E-state index >= 15 is 0 Å². The lowest BCUT2D eigenvalue weighted by atomic mass is 10.1. The van der Waals surface area contributed by atoms with Crippen LogP contribution in [0.4, 0.5) is 5.69 Å². The van der Waals surface area contributed by atoms with E-state index in [0.29, 0.717) is 17.3 Å². The van der Waals surface area contributed by atoms with Crippen LogP contribution in [0, 0.1) is 6.92 Å². The highest BCUT2D eigenvalue weighted by Gasteiger charge is 2.04. The molecular formula is C13H14ClN3O. The van der Waals surface area contributed by atoms with Gasteiger partial charge in [0.05, 0.1) is 18.4 Å². The molecule has 0 atom stereocenters. The molecule has 0 fully saturated rings. The third kappa shape index (κ3) is 2.71. The number of hydrogen-bond donors (Lipinski definition) is 1. The van der Waals surface area contributed by atoms with Crippen LogP contribution >= 0.6 is 11.6 Å². The van der Waals surface area contributed by atoms with Crippen molar-refractivity contribution in [2.24, 2.45) is 0 Å². The maximum absolute atomic E-state index is 11.8. The van der Waals surface area contributed by atoms with Gasteiger partial charge < -0.3 is 5.32 Å². The molecule has 1 aromatic carbocycles. The Kier molecular flexibility index (Phi) is 3.67. The van der Waals surface area contributed by atoms with Gasteiger partial charge in [-0.15, -0.1) is 0 Å². The SMILES string of the molecule is CNc1cnn(Cc2ccc(C)cc2Cl)c(=O)c1. The summed E-state index contributed by atoms with van der Waals surface area (Å²) in [4.78, 5) is 11.8. The highest BCUT2D eigenvalue weighted by molar-refractivity contribution is 6.31. The lowest BCUT2D eigenvalue weighted by molar-refractivity contribution is 0.640. The van der Waals surface area contributed by atoms with E-state index in [1.807, 2.05) is 25.1 Å². The van der Waals surface area contributed by atoms with Crippen LogP contribution in [-0.4, -0.2) is 16.8 Å². The fourth-order valence-electron chi connectivity index (χ4n) is 1.63. The van der Waals surface area contributed by atoms with Crippen LogP contribution in [0.1, 0.15) is 11.1 Å². The monoisotopic (exact) mass is 263 g/mol. The predicted molar refractivity (Wildman–Crippen MR) is 73.3 cm³/mol. The maximum atomic E-state index is 11.8. The van der Waals surface area contributed by atoms with Gasteiger partial charge in [-0.1, -0.05) is 23.7 Å². The highest BCUT2D eigenvalue weighted by atomic mass is 35.5. The van der Waals surface area contributed by atoms with E-state index in [1.54, 1.807) is 13.2 Å². The quantitative estimate of drug-likeness (QED) is 0.924. The van der Waals surface area contributed by atoms with Crippen molar-refractivity contribution < 1.29 is 0 Å². The molecule has 0 saturated heterocycles. The van der Waals surface area contributed by atoms with Gasteiger partial charge in [-0.2, -0.15) is 5.10 Å². The molecule has 0 aliphatic heterocycles. The van der Waals surface area contributed by atoms with Gasteiger partial charge in [0.15, 0.2) is 0 Å². The number of nitrogens with zero attached hydrogens (tertiary/aromatic N) is 2. The van der Waals surface area contributed by atoms with Gasteiger partial charge in [-0.25, -0.2) is 4.68 Å². The number of rotatable bonds is 3. The Bertz CT molecular complexity index is 622. The summed E-state index contributed by atoms with van der Waals surface area (Å²) in [7, 11) is 1.75. The van der Waals surface area contributed by atoms with Crippen LogP contribution in [-0.2, 0) is 6.54 Å². The first-order valence-electron chi connectivity index (χ1n) is 5.60. The lowest BCUT2D eigenvalue weighted by Crippen LogP contribution is -2.23. The molecule has 1 aromatic heterocycles. The molecule has 0 aliphatic rings. The molecule has 94 valence electrons. The van der Waals surface area contributed by atoms with E-state index in [-0.39, 0.29) is 5.56 Å². The molecule has 0 amide bonds. The fraction of sp³-hybridized carbons (Fsp3) is 0.231. The zero-order valence-electron chi connectivity index (χ0n) is 10.3. The fourth-order valence-corrected chi connectivity index (χ4v) is 1.93. The lowest BCUT2D eigenvalue weighted by Gasteiger charge is -2.08. The minimum Gasteiger partial charge on any atom is -0.387 e. The second-order valence-electron chi connectivity index (χ2n) is 4.08. The van der Waals surface area contributed by atoms with Crippen LogP contribution in [0.25, 0.3) is 0 Å². The zero-order chi connectivity index (χ0) is 13.1. The summed E-state index contributed by atoms with van der Waals surface area (Å²) in [6, 6.07) is 7.27. The van der Waals surface area contributed by atoms with Crippen molar-refractivity contribution in [3.05, 3.63) is 57.0 Å². The zero-order valence-corrected chi connectivity index (χ0v) is 11.0. The molecule has 0 bridgehead atoms. The molecule has 2 rings (SSSR count). The first-order valence-corrected chi connectivity index (χ1v) is 5.98. The molecule has 5 heteroatoms. The van der Waals surface area contributed by atoms with Crippen LogP contribution in [0.2, 0.25) is 5.02 Å². The van der Waals surface area contributed by atoms with E-state index in [1.165, 1.54) is 10.7 Å². The summed E-state index contributed by atoms with van der Waals surface area (Å²) >= 11 is 6.13. The molecule has 1 N–H and O–H groups in total. The molecule has 0 unspecified atom stereocenters. The number of aryl methyl sites for hydroxylation is 1. The molecular weight excluding hydrogens is 250 g/mol. The molecule has 0 radical (unpaired) electrons. The minimum absolute atomic E-state index is 0.154. The van der Waals surface area contributed by atoms with Gasteiger partial charge in [-0.05, 0) is 24.1 Å². The van der Waals surface area contributed by atoms with Gasteiger partial charge in [0, 0.05) is 18.1 Å². The topological polar surface area (TPSA) is 46.9 Å². The van der Waals surface area contributed by atoms with E-state index < -0.39 is 0 Å². The molecule has 0 saturated carbocycles. The summed E-state index contributed by atoms with van der Waals surface area (Å²) < 4.78 is 1.39. The Balaban J connectivity index is 2.31. The maximum Gasteiger partial charge on any atom is 0.269 e. The number of nitrogens with one attached hydrogen (secondary N) is 1. The Morgan fingerprint density at radius 3 is 2.78 bits per heavy atom. The molecule has 0 spiro atoms. The van der Waals surface area contributed by atoms with Crippen molar-refractivity contribution in [3.63, 3.8) is 0 Å². The summed E-state index contributed by atoms with van der Waals surface area (Å²) in [6.07, 6.45) is 1.61. The summed E-state index contributed by atoms with van der Waals surface area (Å²) in [5, 5.41) is 7.62. The number of hydrogen-bond acceptors (Lipinski definition) is 3. The van der Waals surface area contributed by atoms with Gasteiger partial charge in [0.1, 0.15) is 0 Å². The van der Waals surface area contributed by atoms with E-state index in [0.717, 1.165) is 11.1 Å². The number of aromatic nitrogens is 2.